The first-order chi connectivity index (χ1) is 30.7. The molecule has 17 heteroatoms. The first-order valence-corrected chi connectivity index (χ1v) is 22.7. The van der Waals surface area contributed by atoms with Crippen LogP contribution in [0.5, 0.6) is 11.5 Å². The van der Waals surface area contributed by atoms with Crippen molar-refractivity contribution in [3.05, 3.63) is 90.3 Å². The molecule has 4 aliphatic rings. The Morgan fingerprint density at radius 3 is 2.41 bits per heavy atom. The number of fused-ring (bicyclic) bond motifs is 2. The second-order valence-electron chi connectivity index (χ2n) is 16.4. The lowest BCUT2D eigenvalue weighted by atomic mass is 10.0. The Bertz CT molecular complexity index is 2530. The fraction of sp³-hybridized carbons (Fsp3) is 0.391. The summed E-state index contributed by atoms with van der Waals surface area (Å²) in [6.07, 6.45) is 5.24. The fourth-order valence-corrected chi connectivity index (χ4v) is 10.1. The van der Waals surface area contributed by atoms with E-state index in [1.807, 2.05) is 81.2 Å². The van der Waals surface area contributed by atoms with Gasteiger partial charge in [0.05, 0.1) is 11.4 Å². The van der Waals surface area contributed by atoms with Crippen molar-refractivity contribution >= 4 is 58.1 Å². The Hall–Kier alpha value is -6.33. The highest BCUT2D eigenvalue weighted by molar-refractivity contribution is 7.99. The van der Waals surface area contributed by atoms with Crippen molar-refractivity contribution in [2.75, 3.05) is 57.3 Å². The molecule has 3 saturated heterocycles. The number of hydrogen-bond donors (Lipinski definition) is 2. The molecule has 6 heterocycles. The number of amides is 5. The summed E-state index contributed by atoms with van der Waals surface area (Å²) >= 11 is 1.55. The molecule has 3 N–H and O–H groups in total. The van der Waals surface area contributed by atoms with Gasteiger partial charge < -0.3 is 25.2 Å². The third kappa shape index (κ3) is 9.11. The van der Waals surface area contributed by atoms with Gasteiger partial charge >= 0.3 is 0 Å². The smallest absolute Gasteiger partial charge is 0.255 e. The number of aromatic nitrogens is 4. The monoisotopic (exact) mass is 870 g/mol. The summed E-state index contributed by atoms with van der Waals surface area (Å²) in [7, 11) is 0. The van der Waals surface area contributed by atoms with Crippen molar-refractivity contribution in [1.29, 1.82) is 0 Å². The van der Waals surface area contributed by atoms with Crippen LogP contribution in [-0.4, -0.2) is 126 Å². The molecule has 9 rings (SSSR count). The highest BCUT2D eigenvalue weighted by Gasteiger charge is 2.40. The molecule has 4 aliphatic heterocycles. The second-order valence-corrected chi connectivity index (χ2v) is 17.6. The zero-order valence-corrected chi connectivity index (χ0v) is 35.8. The van der Waals surface area contributed by atoms with E-state index >= 15 is 0 Å². The number of ether oxygens (including phenoxy) is 1. The maximum Gasteiger partial charge on any atom is 0.255 e. The van der Waals surface area contributed by atoms with Gasteiger partial charge in [-0.15, -0.1) is 11.8 Å². The third-order valence-electron chi connectivity index (χ3n) is 12.4. The lowest BCUT2D eigenvalue weighted by molar-refractivity contribution is -0.137. The number of anilines is 1. The Morgan fingerprint density at radius 2 is 1.62 bits per heavy atom. The van der Waals surface area contributed by atoms with E-state index < -0.39 is 11.9 Å². The van der Waals surface area contributed by atoms with E-state index in [0.717, 1.165) is 60.7 Å². The van der Waals surface area contributed by atoms with Crippen LogP contribution in [0.2, 0.25) is 0 Å². The number of rotatable bonds is 13. The van der Waals surface area contributed by atoms with Gasteiger partial charge in [-0.05, 0) is 86.3 Å². The molecule has 1 unspecified atom stereocenters. The molecule has 0 aliphatic carbocycles. The molecular weight excluding hydrogens is 821 g/mol. The molecule has 0 radical (unpaired) electrons. The number of benzene rings is 3. The molecule has 0 bridgehead atoms. The molecule has 3 aromatic carbocycles. The molecule has 3 fully saturated rings. The number of hydrogen-bond acceptors (Lipinski definition) is 12. The van der Waals surface area contributed by atoms with Crippen LogP contribution in [0.15, 0.2) is 84.0 Å². The maximum atomic E-state index is 13.6. The number of imide groups is 1. The summed E-state index contributed by atoms with van der Waals surface area (Å²) in [5.74, 6) is 1.66. The van der Waals surface area contributed by atoms with Gasteiger partial charge in [-0.2, -0.15) is 5.10 Å². The minimum absolute atomic E-state index is 0.0639. The molecule has 63 heavy (non-hydrogen) atoms. The minimum Gasteiger partial charge on any atom is -0.457 e. The number of para-hydroxylation sites is 1. The molecule has 5 amide bonds. The Morgan fingerprint density at radius 1 is 0.841 bits per heavy atom. The minimum atomic E-state index is -0.664. The normalized spacial score (nSPS) is 19.4. The van der Waals surface area contributed by atoms with E-state index in [9.17, 15) is 24.0 Å². The van der Waals surface area contributed by atoms with Crippen LogP contribution in [0.1, 0.15) is 66.9 Å². The predicted octanol–water partition coefficient (Wildman–Crippen LogP) is 4.90. The maximum absolute atomic E-state index is 13.6. The number of nitrogens with two attached hydrogens (primary N) is 1. The molecule has 5 aromatic rings. The van der Waals surface area contributed by atoms with Gasteiger partial charge in [-0.3, -0.25) is 34.2 Å². The van der Waals surface area contributed by atoms with Crippen molar-refractivity contribution in [2.24, 2.45) is 0 Å². The quantitative estimate of drug-likeness (QED) is 0.121. The van der Waals surface area contributed by atoms with Gasteiger partial charge in [0, 0.05) is 86.9 Å². The van der Waals surface area contributed by atoms with Crippen molar-refractivity contribution in [3.63, 3.8) is 0 Å². The topological polar surface area (TPSA) is 189 Å². The molecule has 0 saturated carbocycles. The number of nitrogen functional groups attached to an aromatic ring is 1. The summed E-state index contributed by atoms with van der Waals surface area (Å²) in [6.45, 7) is 5.12. The van der Waals surface area contributed by atoms with E-state index in [1.165, 1.54) is 6.33 Å². The molecule has 2 aromatic heterocycles. The number of piperazine rings is 1. The van der Waals surface area contributed by atoms with Crippen molar-refractivity contribution < 1.29 is 28.7 Å². The molecule has 0 spiro atoms. The fourth-order valence-electron chi connectivity index (χ4n) is 9.07. The Kier molecular flexibility index (Phi) is 12.4. The van der Waals surface area contributed by atoms with Crippen LogP contribution in [0.4, 0.5) is 5.82 Å². The van der Waals surface area contributed by atoms with Gasteiger partial charge in [0.25, 0.3) is 5.91 Å². The first-order valence-electron chi connectivity index (χ1n) is 21.7. The van der Waals surface area contributed by atoms with Gasteiger partial charge in [0.2, 0.25) is 23.6 Å². The van der Waals surface area contributed by atoms with Crippen molar-refractivity contribution in [1.82, 2.24) is 44.7 Å². The number of likely N-dealkylation sites (tertiary alicyclic amines) is 1. The number of carbonyl (C=O) groups excluding carboxylic acids is 5. The Balaban J connectivity index is 0.727. The van der Waals surface area contributed by atoms with Crippen LogP contribution >= 0.6 is 11.8 Å². The van der Waals surface area contributed by atoms with E-state index in [0.29, 0.717) is 91.6 Å². The number of thioether (sulfide) groups is 1. The summed E-state index contributed by atoms with van der Waals surface area (Å²) in [5, 5.41) is 8.08. The second kappa shape index (κ2) is 18.6. The van der Waals surface area contributed by atoms with Crippen LogP contribution in [0.25, 0.3) is 22.3 Å². The lowest BCUT2D eigenvalue weighted by Crippen LogP contribution is -2.52. The first kappa shape index (κ1) is 42.0. The van der Waals surface area contributed by atoms with E-state index in [-0.39, 0.29) is 36.1 Å². The summed E-state index contributed by atoms with van der Waals surface area (Å²) in [4.78, 5) is 81.7. The highest BCUT2D eigenvalue weighted by atomic mass is 32.2. The van der Waals surface area contributed by atoms with Gasteiger partial charge in [-0.25, -0.2) is 14.6 Å². The molecule has 326 valence electrons. The molecule has 16 nitrogen and oxygen atoms in total. The van der Waals surface area contributed by atoms with Crippen molar-refractivity contribution in [3.8, 4) is 22.8 Å². The number of nitrogens with one attached hydrogen (secondary N) is 1. The zero-order chi connectivity index (χ0) is 43.5. The van der Waals surface area contributed by atoms with E-state index in [2.05, 4.69) is 20.2 Å². The Labute approximate surface area is 369 Å². The van der Waals surface area contributed by atoms with Gasteiger partial charge in [-0.1, -0.05) is 24.3 Å². The van der Waals surface area contributed by atoms with Crippen LogP contribution in [0, 0.1) is 0 Å². The van der Waals surface area contributed by atoms with E-state index in [4.69, 9.17) is 15.6 Å². The largest absolute Gasteiger partial charge is 0.457 e. The SMILES string of the molecule is Nc1ncnc2c1c(-c1ccc(Oc3ccccc3)cc1)nn2[C@@H]1CCCN(C(=O)CCCN2CCN(C(=O)CCSc3cccc4c3CN(C3CCC(=O)NC3=O)C4=O)CC2)C1. The zero-order valence-electron chi connectivity index (χ0n) is 35.0. The summed E-state index contributed by atoms with van der Waals surface area (Å²) in [6, 6.07) is 22.2. The predicted molar refractivity (Wildman–Crippen MR) is 237 cm³/mol. The number of piperidine rings is 2. The van der Waals surface area contributed by atoms with Gasteiger partial charge in [0.1, 0.15) is 35.4 Å². The van der Waals surface area contributed by atoms with E-state index in [1.54, 1.807) is 22.7 Å². The highest BCUT2D eigenvalue weighted by Crippen LogP contribution is 2.36. The molecule has 2 atom stereocenters. The summed E-state index contributed by atoms with van der Waals surface area (Å²) in [5.41, 5.74) is 10.1. The lowest BCUT2D eigenvalue weighted by Gasteiger charge is -2.35. The third-order valence-corrected chi connectivity index (χ3v) is 13.5. The van der Waals surface area contributed by atoms with Crippen molar-refractivity contribution in [2.45, 2.75) is 68.5 Å². The van der Waals surface area contributed by atoms with Crippen LogP contribution in [-0.2, 0) is 25.7 Å². The average Bonchev–Trinajstić information content (AvgIpc) is 3.86. The van der Waals surface area contributed by atoms with Crippen LogP contribution in [0.3, 0.4) is 0 Å². The van der Waals surface area contributed by atoms with Gasteiger partial charge in [0.15, 0.2) is 5.65 Å². The standard InChI is InChI=1S/C46H50N10O6S/c47-43-41-42(30-13-15-33(16-14-30)62-32-8-2-1-3-9-32)51-56(44(41)49-29-48-43)31-7-5-21-54(27-31)39(58)12-6-20-52-22-24-53(25-23-52)40(59)19-26-63-37-11-4-10-34-35(37)28-55(46(34)61)36-17-18-38(57)50-45(36)60/h1-4,8-11,13-16,29,31,36H,5-7,12,17-28H2,(H2,47,48,49)(H,50,57,60)/t31-,36?/m1/s1. The van der Waals surface area contributed by atoms with Crippen LogP contribution < -0.4 is 15.8 Å². The number of carbonyl (C=O) groups is 5. The number of nitrogens with zero attached hydrogens (tertiary/aromatic N) is 8. The molecular formula is C46H50N10O6S. The summed E-state index contributed by atoms with van der Waals surface area (Å²) < 4.78 is 7.91. The average molecular weight is 871 g/mol.